The van der Waals surface area contributed by atoms with Gasteiger partial charge in [-0.3, -0.25) is 9.59 Å². The third-order valence-electron chi connectivity index (χ3n) is 6.65. The number of aryl methyl sites for hydroxylation is 1. The number of aromatic nitrogens is 2. The van der Waals surface area contributed by atoms with Crippen molar-refractivity contribution in [1.29, 1.82) is 0 Å². The van der Waals surface area contributed by atoms with Crippen LogP contribution in [0.4, 0.5) is 0 Å². The first-order valence-electron chi connectivity index (χ1n) is 12.2. The van der Waals surface area contributed by atoms with Crippen LogP contribution in [0.5, 0.6) is 11.5 Å². The monoisotopic (exact) mass is 487 g/mol. The second kappa shape index (κ2) is 9.89. The predicted molar refractivity (Wildman–Crippen MR) is 134 cm³/mol. The van der Waals surface area contributed by atoms with E-state index in [1.807, 2.05) is 35.0 Å². The summed E-state index contributed by atoms with van der Waals surface area (Å²) in [5, 5.41) is 11.3. The van der Waals surface area contributed by atoms with Crippen LogP contribution in [0.1, 0.15) is 48.9 Å². The molecular weight excluding hydrogens is 458 g/mol. The van der Waals surface area contributed by atoms with E-state index in [1.165, 1.54) is 0 Å². The molecule has 2 aliphatic heterocycles. The maximum atomic E-state index is 13.3. The van der Waals surface area contributed by atoms with Gasteiger partial charge in [0.25, 0.3) is 11.7 Å². The molecule has 2 aromatic carbocycles. The lowest BCUT2D eigenvalue weighted by Crippen LogP contribution is -2.31. The number of carbonyl (C=O) groups excluding carboxylic acids is 2. The van der Waals surface area contributed by atoms with Crippen LogP contribution in [0.25, 0.3) is 5.76 Å². The number of carbonyl (C=O) groups is 2. The van der Waals surface area contributed by atoms with E-state index in [-0.39, 0.29) is 11.3 Å². The summed E-state index contributed by atoms with van der Waals surface area (Å²) in [6.45, 7) is 6.09. The van der Waals surface area contributed by atoms with Crippen LogP contribution in [0, 0.1) is 0 Å². The minimum absolute atomic E-state index is 0.0802. The Hall–Kier alpha value is -4.07. The first kappa shape index (κ1) is 23.7. The molecule has 2 aliphatic rings. The maximum absolute atomic E-state index is 13.3. The van der Waals surface area contributed by atoms with Crippen molar-refractivity contribution in [3.8, 4) is 11.5 Å². The van der Waals surface area contributed by atoms with Crippen LogP contribution >= 0.6 is 0 Å². The molecule has 1 amide bonds. The average Bonchev–Trinajstić information content (AvgIpc) is 3.50. The highest BCUT2D eigenvalue weighted by Gasteiger charge is 2.45. The number of fused-ring (bicyclic) bond motifs is 1. The van der Waals surface area contributed by atoms with Gasteiger partial charge in [-0.15, -0.1) is 0 Å². The summed E-state index contributed by atoms with van der Waals surface area (Å²) in [7, 11) is 0. The zero-order valence-corrected chi connectivity index (χ0v) is 20.4. The lowest BCUT2D eigenvalue weighted by Gasteiger charge is -2.26. The largest absolute Gasteiger partial charge is 0.507 e. The van der Waals surface area contributed by atoms with Crippen molar-refractivity contribution in [2.45, 2.75) is 38.8 Å². The van der Waals surface area contributed by atoms with Gasteiger partial charge < -0.3 is 24.0 Å². The van der Waals surface area contributed by atoms with Crippen molar-refractivity contribution in [3.63, 3.8) is 0 Å². The zero-order valence-electron chi connectivity index (χ0n) is 20.4. The molecule has 1 aromatic heterocycles. The van der Waals surface area contributed by atoms with Gasteiger partial charge in [-0.25, -0.2) is 4.98 Å². The number of hydrogen-bond acceptors (Lipinski definition) is 6. The highest BCUT2D eigenvalue weighted by molar-refractivity contribution is 6.46. The topological polar surface area (TPSA) is 93.9 Å². The van der Waals surface area contributed by atoms with E-state index in [9.17, 15) is 14.7 Å². The molecular formula is C28H29N3O5. The number of amides is 1. The second-order valence-electron chi connectivity index (χ2n) is 9.33. The number of aliphatic hydroxyl groups is 1. The Bertz CT molecular complexity index is 1300. The number of nitrogens with zero attached hydrogens (tertiary/aromatic N) is 3. The first-order chi connectivity index (χ1) is 17.4. The van der Waals surface area contributed by atoms with Gasteiger partial charge in [0, 0.05) is 31.0 Å². The molecule has 3 heterocycles. The summed E-state index contributed by atoms with van der Waals surface area (Å²) < 4.78 is 13.2. The Morgan fingerprint density at radius 3 is 2.50 bits per heavy atom. The van der Waals surface area contributed by atoms with E-state index >= 15 is 0 Å². The average molecular weight is 488 g/mol. The molecule has 36 heavy (non-hydrogen) atoms. The quantitative estimate of drug-likeness (QED) is 0.304. The highest BCUT2D eigenvalue weighted by Crippen LogP contribution is 2.41. The van der Waals surface area contributed by atoms with E-state index in [1.54, 1.807) is 35.6 Å². The van der Waals surface area contributed by atoms with Gasteiger partial charge >= 0.3 is 0 Å². The number of Topliss-reactive ketones (excluding diaryl/α,β-unsaturated/α-hetero) is 1. The van der Waals surface area contributed by atoms with Crippen LogP contribution in [0.2, 0.25) is 0 Å². The molecule has 0 aliphatic carbocycles. The number of hydrogen-bond donors (Lipinski definition) is 1. The van der Waals surface area contributed by atoms with Crippen molar-refractivity contribution < 1.29 is 24.2 Å². The Morgan fingerprint density at radius 2 is 1.81 bits per heavy atom. The normalized spacial score (nSPS) is 18.8. The molecule has 186 valence electrons. The minimum atomic E-state index is -0.692. The van der Waals surface area contributed by atoms with E-state index in [2.05, 4.69) is 18.8 Å². The first-order valence-corrected chi connectivity index (χ1v) is 12.2. The SMILES string of the molecule is CC(C)c1ccc(C2/C(=C(\O)c3ccc4c(c3)OCCO4)C(=O)C(=O)N2CCCn2ccnc2)cc1. The maximum Gasteiger partial charge on any atom is 0.295 e. The van der Waals surface area contributed by atoms with Gasteiger partial charge in [-0.1, -0.05) is 38.1 Å². The smallest absolute Gasteiger partial charge is 0.295 e. The summed E-state index contributed by atoms with van der Waals surface area (Å²) >= 11 is 0. The Labute approximate surface area is 209 Å². The van der Waals surface area contributed by atoms with Crippen molar-refractivity contribution >= 4 is 17.4 Å². The summed E-state index contributed by atoms with van der Waals surface area (Å²) in [5.41, 5.74) is 2.42. The van der Waals surface area contributed by atoms with Crippen molar-refractivity contribution in [2.75, 3.05) is 19.8 Å². The van der Waals surface area contributed by atoms with Gasteiger partial charge in [-0.2, -0.15) is 0 Å². The fourth-order valence-electron chi connectivity index (χ4n) is 4.71. The van der Waals surface area contributed by atoms with Crippen LogP contribution in [0.3, 0.4) is 0 Å². The van der Waals surface area contributed by atoms with Crippen molar-refractivity contribution in [3.05, 3.63) is 83.4 Å². The van der Waals surface area contributed by atoms with E-state index in [0.29, 0.717) is 55.7 Å². The molecule has 1 unspecified atom stereocenters. The van der Waals surface area contributed by atoms with Crippen LogP contribution in [0.15, 0.2) is 66.8 Å². The molecule has 1 N–H and O–H groups in total. The molecule has 0 spiro atoms. The lowest BCUT2D eigenvalue weighted by molar-refractivity contribution is -0.139. The van der Waals surface area contributed by atoms with Gasteiger partial charge in [0.2, 0.25) is 0 Å². The Morgan fingerprint density at radius 1 is 1.06 bits per heavy atom. The number of aliphatic hydroxyl groups excluding tert-OH is 1. The Kier molecular flexibility index (Phi) is 6.50. The summed E-state index contributed by atoms with van der Waals surface area (Å²) in [6.07, 6.45) is 5.92. The van der Waals surface area contributed by atoms with Gasteiger partial charge in [-0.05, 0) is 41.7 Å². The number of ketones is 1. The third-order valence-corrected chi connectivity index (χ3v) is 6.65. The molecule has 8 heteroatoms. The molecule has 1 saturated heterocycles. The van der Waals surface area contributed by atoms with Crippen molar-refractivity contribution in [2.24, 2.45) is 0 Å². The number of imidazole rings is 1. The van der Waals surface area contributed by atoms with Gasteiger partial charge in [0.1, 0.15) is 19.0 Å². The van der Waals surface area contributed by atoms with E-state index < -0.39 is 17.7 Å². The van der Waals surface area contributed by atoms with Crippen LogP contribution in [-0.4, -0.2) is 51.0 Å². The molecule has 1 atom stereocenters. The summed E-state index contributed by atoms with van der Waals surface area (Å²) in [4.78, 5) is 32.1. The molecule has 8 nitrogen and oxygen atoms in total. The number of ether oxygens (including phenoxy) is 2. The number of likely N-dealkylation sites (tertiary alicyclic amines) is 1. The fraction of sp³-hybridized carbons (Fsp3) is 0.321. The highest BCUT2D eigenvalue weighted by atomic mass is 16.6. The predicted octanol–water partition coefficient (Wildman–Crippen LogP) is 4.29. The molecule has 1 fully saturated rings. The molecule has 3 aromatic rings. The van der Waals surface area contributed by atoms with Gasteiger partial charge in [0.05, 0.1) is 17.9 Å². The molecule has 0 bridgehead atoms. The lowest BCUT2D eigenvalue weighted by atomic mass is 9.93. The van der Waals surface area contributed by atoms with E-state index in [4.69, 9.17) is 9.47 Å². The van der Waals surface area contributed by atoms with Gasteiger partial charge in [0.15, 0.2) is 11.5 Å². The van der Waals surface area contributed by atoms with E-state index in [0.717, 1.165) is 11.1 Å². The summed E-state index contributed by atoms with van der Waals surface area (Å²) in [6, 6.07) is 12.2. The molecule has 0 saturated carbocycles. The van der Waals surface area contributed by atoms with Crippen LogP contribution in [-0.2, 0) is 16.1 Å². The second-order valence-corrected chi connectivity index (χ2v) is 9.33. The zero-order chi connectivity index (χ0) is 25.2. The van der Waals surface area contributed by atoms with Crippen molar-refractivity contribution in [1.82, 2.24) is 14.5 Å². The molecule has 5 rings (SSSR count). The molecule has 0 radical (unpaired) electrons. The third kappa shape index (κ3) is 4.46. The minimum Gasteiger partial charge on any atom is -0.507 e. The summed E-state index contributed by atoms with van der Waals surface area (Å²) in [5.74, 6) is -0.101. The number of rotatable bonds is 7. The standard InChI is InChI=1S/C28H29N3O5/c1-18(2)19-4-6-20(7-5-19)25-24(26(32)21-8-9-22-23(16-21)36-15-14-35-22)27(33)28(34)31(25)12-3-11-30-13-10-29-17-30/h4-10,13,16-18,25,32H,3,11-12,14-15H2,1-2H3/b26-24+. The Balaban J connectivity index is 1.53. The number of benzene rings is 2. The van der Waals surface area contributed by atoms with Crippen LogP contribution < -0.4 is 9.47 Å². The fourth-order valence-corrected chi connectivity index (χ4v) is 4.71.